The van der Waals surface area contributed by atoms with Crippen molar-refractivity contribution < 1.29 is 5.11 Å². The van der Waals surface area contributed by atoms with Gasteiger partial charge in [-0.2, -0.15) is 0 Å². The highest BCUT2D eigenvalue weighted by molar-refractivity contribution is 4.79. The molecule has 0 radical (unpaired) electrons. The van der Waals surface area contributed by atoms with Gasteiger partial charge in [0.1, 0.15) is 0 Å². The van der Waals surface area contributed by atoms with Crippen LogP contribution in [0.1, 0.15) is 40.0 Å². The lowest BCUT2D eigenvalue weighted by molar-refractivity contribution is 0.0484. The number of aliphatic hydroxyl groups is 1. The third-order valence-corrected chi connectivity index (χ3v) is 1.78. The smallest absolute Gasteiger partial charge is 0.0741 e. The van der Waals surface area contributed by atoms with Gasteiger partial charge in [0, 0.05) is 6.04 Å². The normalized spacial score (nSPS) is 15.3. The minimum absolute atomic E-state index is 0.0764. The molecule has 2 heteroatoms. The molecule has 0 rings (SSSR count). The molecular weight excluding hydrogens is 126 g/mol. The minimum Gasteiger partial charge on any atom is -0.389 e. The lowest BCUT2D eigenvalue weighted by Gasteiger charge is -2.25. The highest BCUT2D eigenvalue weighted by Gasteiger charge is 2.21. The van der Waals surface area contributed by atoms with Gasteiger partial charge in [-0.3, -0.25) is 0 Å². The molecule has 0 saturated heterocycles. The molecule has 62 valence electrons. The molecule has 10 heavy (non-hydrogen) atoms. The van der Waals surface area contributed by atoms with Crippen molar-refractivity contribution in [1.29, 1.82) is 0 Å². The third-order valence-electron chi connectivity index (χ3n) is 1.78. The highest BCUT2D eigenvalue weighted by Crippen LogP contribution is 2.11. The maximum atomic E-state index is 9.39. The fourth-order valence-electron chi connectivity index (χ4n) is 0.777. The Kier molecular flexibility index (Phi) is 3.91. The fourth-order valence-corrected chi connectivity index (χ4v) is 0.777. The van der Waals surface area contributed by atoms with Crippen molar-refractivity contribution in [3.63, 3.8) is 0 Å². The molecule has 0 saturated carbocycles. The van der Waals surface area contributed by atoms with E-state index in [-0.39, 0.29) is 6.04 Å². The predicted molar refractivity (Wildman–Crippen MR) is 43.8 cm³/mol. The Morgan fingerprint density at radius 1 is 1.50 bits per heavy atom. The maximum Gasteiger partial charge on any atom is 0.0741 e. The van der Waals surface area contributed by atoms with Crippen LogP contribution < -0.4 is 5.73 Å². The lowest BCUT2D eigenvalue weighted by Crippen LogP contribution is -2.42. The van der Waals surface area contributed by atoms with Crippen LogP contribution >= 0.6 is 0 Å². The largest absolute Gasteiger partial charge is 0.389 e. The van der Waals surface area contributed by atoms with Gasteiger partial charge >= 0.3 is 0 Å². The summed E-state index contributed by atoms with van der Waals surface area (Å²) < 4.78 is 0. The summed E-state index contributed by atoms with van der Waals surface area (Å²) >= 11 is 0. The maximum absolute atomic E-state index is 9.39. The molecule has 0 aromatic rings. The van der Waals surface area contributed by atoms with E-state index in [1.54, 1.807) is 13.8 Å². The standard InChI is InChI=1S/C8H19NO/c1-4-5-6-7(9)8(2,3)10/h7,10H,4-6,9H2,1-3H3. The summed E-state index contributed by atoms with van der Waals surface area (Å²) in [4.78, 5) is 0. The molecule has 0 aliphatic rings. The van der Waals surface area contributed by atoms with E-state index in [4.69, 9.17) is 5.73 Å². The molecule has 2 nitrogen and oxygen atoms in total. The molecular formula is C8H19NO. The van der Waals surface area contributed by atoms with Crippen molar-refractivity contribution in [2.24, 2.45) is 5.73 Å². The van der Waals surface area contributed by atoms with E-state index in [0.29, 0.717) is 0 Å². The first kappa shape index (κ1) is 9.92. The van der Waals surface area contributed by atoms with Crippen molar-refractivity contribution in [3.8, 4) is 0 Å². The van der Waals surface area contributed by atoms with Crippen LogP contribution in [-0.4, -0.2) is 16.7 Å². The molecule has 0 bridgehead atoms. The second-order valence-electron chi connectivity index (χ2n) is 3.40. The van der Waals surface area contributed by atoms with Crippen LogP contribution in [-0.2, 0) is 0 Å². The molecule has 1 unspecified atom stereocenters. The van der Waals surface area contributed by atoms with Gasteiger partial charge in [0.25, 0.3) is 0 Å². The summed E-state index contributed by atoms with van der Waals surface area (Å²) in [5, 5.41) is 9.39. The Bertz CT molecular complexity index is 85.7. The molecule has 1 atom stereocenters. The first-order valence-electron chi connectivity index (χ1n) is 3.96. The summed E-state index contributed by atoms with van der Waals surface area (Å²) in [6.45, 7) is 5.64. The average Bonchev–Trinajstić information content (AvgIpc) is 1.80. The number of hydrogen-bond donors (Lipinski definition) is 2. The Hall–Kier alpha value is -0.0800. The Labute approximate surface area is 63.4 Å². The monoisotopic (exact) mass is 145 g/mol. The quantitative estimate of drug-likeness (QED) is 0.626. The van der Waals surface area contributed by atoms with Crippen LogP contribution in [0.4, 0.5) is 0 Å². The van der Waals surface area contributed by atoms with E-state index in [1.165, 1.54) is 0 Å². The first-order valence-corrected chi connectivity index (χ1v) is 3.96. The van der Waals surface area contributed by atoms with Crippen molar-refractivity contribution in [2.75, 3.05) is 0 Å². The first-order chi connectivity index (χ1) is 4.48. The second-order valence-corrected chi connectivity index (χ2v) is 3.40. The molecule has 0 fully saturated rings. The Balaban J connectivity index is 3.52. The van der Waals surface area contributed by atoms with Gasteiger partial charge in [-0.25, -0.2) is 0 Å². The number of nitrogens with two attached hydrogens (primary N) is 1. The van der Waals surface area contributed by atoms with Crippen LogP contribution in [0.3, 0.4) is 0 Å². The SMILES string of the molecule is CCCCC(N)C(C)(C)O. The summed E-state index contributed by atoms with van der Waals surface area (Å²) in [7, 11) is 0. The molecule has 3 N–H and O–H groups in total. The predicted octanol–water partition coefficient (Wildman–Crippen LogP) is 1.27. The zero-order valence-electron chi connectivity index (χ0n) is 7.22. The van der Waals surface area contributed by atoms with Gasteiger partial charge in [0.2, 0.25) is 0 Å². The summed E-state index contributed by atoms with van der Waals surface area (Å²) in [5.41, 5.74) is 4.97. The van der Waals surface area contributed by atoms with Crippen molar-refractivity contribution in [1.82, 2.24) is 0 Å². The molecule has 0 aromatic heterocycles. The van der Waals surface area contributed by atoms with E-state index in [0.717, 1.165) is 19.3 Å². The topological polar surface area (TPSA) is 46.2 Å². The van der Waals surface area contributed by atoms with Gasteiger partial charge in [0.05, 0.1) is 5.60 Å². The summed E-state index contributed by atoms with van der Waals surface area (Å²) in [6.07, 6.45) is 3.16. The molecule has 0 aliphatic carbocycles. The van der Waals surface area contributed by atoms with E-state index < -0.39 is 5.60 Å². The van der Waals surface area contributed by atoms with Crippen molar-refractivity contribution >= 4 is 0 Å². The van der Waals surface area contributed by atoms with Gasteiger partial charge in [-0.05, 0) is 20.3 Å². The molecule has 0 aromatic carbocycles. The van der Waals surface area contributed by atoms with Crippen LogP contribution in [0.25, 0.3) is 0 Å². The van der Waals surface area contributed by atoms with Gasteiger partial charge in [0.15, 0.2) is 0 Å². The van der Waals surface area contributed by atoms with Crippen molar-refractivity contribution in [2.45, 2.75) is 51.7 Å². The van der Waals surface area contributed by atoms with Gasteiger partial charge in [-0.1, -0.05) is 19.8 Å². The van der Waals surface area contributed by atoms with Crippen LogP contribution in [0.5, 0.6) is 0 Å². The number of hydrogen-bond acceptors (Lipinski definition) is 2. The van der Waals surface area contributed by atoms with Gasteiger partial charge in [-0.15, -0.1) is 0 Å². The van der Waals surface area contributed by atoms with E-state index >= 15 is 0 Å². The Morgan fingerprint density at radius 2 is 2.00 bits per heavy atom. The molecule has 0 aliphatic heterocycles. The minimum atomic E-state index is -0.713. The zero-order chi connectivity index (χ0) is 8.20. The zero-order valence-corrected chi connectivity index (χ0v) is 7.22. The van der Waals surface area contributed by atoms with Gasteiger partial charge < -0.3 is 10.8 Å². The second kappa shape index (κ2) is 3.94. The van der Waals surface area contributed by atoms with E-state index in [9.17, 15) is 5.11 Å². The Morgan fingerprint density at radius 3 is 2.30 bits per heavy atom. The van der Waals surface area contributed by atoms with E-state index in [2.05, 4.69) is 6.92 Å². The molecule has 0 spiro atoms. The number of unbranched alkanes of at least 4 members (excludes halogenated alkanes) is 1. The summed E-state index contributed by atoms with van der Waals surface area (Å²) in [5.74, 6) is 0. The summed E-state index contributed by atoms with van der Waals surface area (Å²) in [6, 6.07) is -0.0764. The van der Waals surface area contributed by atoms with Crippen LogP contribution in [0.15, 0.2) is 0 Å². The third kappa shape index (κ3) is 3.85. The fraction of sp³-hybridized carbons (Fsp3) is 1.00. The number of rotatable bonds is 4. The van der Waals surface area contributed by atoms with Crippen LogP contribution in [0, 0.1) is 0 Å². The van der Waals surface area contributed by atoms with E-state index in [1.807, 2.05) is 0 Å². The molecule has 0 amide bonds. The van der Waals surface area contributed by atoms with Crippen LogP contribution in [0.2, 0.25) is 0 Å². The highest BCUT2D eigenvalue weighted by atomic mass is 16.3. The lowest BCUT2D eigenvalue weighted by atomic mass is 9.95. The average molecular weight is 145 g/mol. The molecule has 0 heterocycles. The van der Waals surface area contributed by atoms with Crippen molar-refractivity contribution in [3.05, 3.63) is 0 Å².